The van der Waals surface area contributed by atoms with Crippen molar-refractivity contribution in [3.8, 4) is 0 Å². The van der Waals surface area contributed by atoms with Crippen LogP contribution in [0.1, 0.15) is 52.1 Å². The number of thioether (sulfide) groups is 1. The van der Waals surface area contributed by atoms with Crippen LogP contribution < -0.4 is 5.32 Å². The third kappa shape index (κ3) is 5.07. The van der Waals surface area contributed by atoms with Crippen molar-refractivity contribution < 1.29 is 4.79 Å². The second-order valence-corrected chi connectivity index (χ2v) is 9.98. The Balaban J connectivity index is 1.47. The third-order valence-electron chi connectivity index (χ3n) is 6.09. The number of benzene rings is 3. The molecule has 0 saturated heterocycles. The largest absolute Gasteiger partial charge is 0.325 e. The van der Waals surface area contributed by atoms with Crippen LogP contribution in [0, 0.1) is 13.8 Å². The normalized spacial score (nSPS) is 14.1. The van der Waals surface area contributed by atoms with Crippen LogP contribution in [0.5, 0.6) is 0 Å². The van der Waals surface area contributed by atoms with Gasteiger partial charge in [0.05, 0.1) is 6.54 Å². The Morgan fingerprint density at radius 1 is 1.00 bits per heavy atom. The Hall–Kier alpha value is -3.38. The van der Waals surface area contributed by atoms with E-state index in [1.165, 1.54) is 17.3 Å². The van der Waals surface area contributed by atoms with Gasteiger partial charge in [-0.3, -0.25) is 4.79 Å². The molecule has 1 amide bonds. The summed E-state index contributed by atoms with van der Waals surface area (Å²) in [5, 5.41) is 12.6. The number of hydrogen-bond acceptors (Lipinski definition) is 4. The first kappa shape index (κ1) is 22.4. The molecule has 0 bridgehead atoms. The minimum absolute atomic E-state index is 0.0628. The van der Waals surface area contributed by atoms with E-state index in [0.29, 0.717) is 12.5 Å². The molecule has 1 saturated carbocycles. The molecule has 6 heteroatoms. The maximum atomic E-state index is 13.6. The van der Waals surface area contributed by atoms with Crippen LogP contribution in [0.15, 0.2) is 84.0 Å². The first-order valence-corrected chi connectivity index (χ1v) is 12.5. The Bertz CT molecular complexity index is 1280. The van der Waals surface area contributed by atoms with Crippen LogP contribution in [0.3, 0.4) is 0 Å². The molecule has 0 aliphatic heterocycles. The van der Waals surface area contributed by atoms with E-state index in [2.05, 4.69) is 38.3 Å². The van der Waals surface area contributed by atoms with E-state index in [1.54, 1.807) is 0 Å². The lowest BCUT2D eigenvalue weighted by molar-refractivity contribution is -0.115. The van der Waals surface area contributed by atoms with Crippen LogP contribution >= 0.6 is 11.8 Å². The van der Waals surface area contributed by atoms with Crippen LogP contribution in [0.2, 0.25) is 0 Å². The highest BCUT2D eigenvalue weighted by Crippen LogP contribution is 2.42. The Kier molecular flexibility index (Phi) is 6.50. The van der Waals surface area contributed by atoms with E-state index < -0.39 is 5.25 Å². The molecule has 34 heavy (non-hydrogen) atoms. The lowest BCUT2D eigenvalue weighted by Crippen LogP contribution is -2.20. The number of aromatic nitrogens is 3. The lowest BCUT2D eigenvalue weighted by Gasteiger charge is -2.19. The van der Waals surface area contributed by atoms with Gasteiger partial charge in [-0.2, -0.15) is 0 Å². The number of hydrogen-bond donors (Lipinski definition) is 1. The van der Waals surface area contributed by atoms with Crippen LogP contribution in [0.25, 0.3) is 0 Å². The molecule has 5 nitrogen and oxygen atoms in total. The number of nitrogens with one attached hydrogen (secondary N) is 1. The predicted molar refractivity (Wildman–Crippen MR) is 137 cm³/mol. The third-order valence-corrected chi connectivity index (χ3v) is 7.32. The topological polar surface area (TPSA) is 59.8 Å². The lowest BCUT2D eigenvalue weighted by atomic mass is 10.1. The summed E-state index contributed by atoms with van der Waals surface area (Å²) in [5.74, 6) is 1.42. The SMILES string of the molecule is Cc1ccc(C)c(NC(=O)[C@H](Sc2nnc(C3CC3)n2Cc2ccccc2)c2ccccc2)c1. The van der Waals surface area contributed by atoms with Gasteiger partial charge in [0.25, 0.3) is 0 Å². The minimum Gasteiger partial charge on any atom is -0.325 e. The van der Waals surface area contributed by atoms with Crippen molar-refractivity contribution in [2.75, 3.05) is 5.32 Å². The fourth-order valence-corrected chi connectivity index (χ4v) is 5.06. The summed E-state index contributed by atoms with van der Waals surface area (Å²) < 4.78 is 2.19. The maximum Gasteiger partial charge on any atom is 0.242 e. The Morgan fingerprint density at radius 2 is 1.71 bits per heavy atom. The van der Waals surface area contributed by atoms with Crippen molar-refractivity contribution in [2.24, 2.45) is 0 Å². The van der Waals surface area contributed by atoms with Crippen LogP contribution in [0.4, 0.5) is 5.69 Å². The van der Waals surface area contributed by atoms with Crippen molar-refractivity contribution in [2.45, 2.75) is 49.6 Å². The highest BCUT2D eigenvalue weighted by atomic mass is 32.2. The van der Waals surface area contributed by atoms with Gasteiger partial charge in [0.2, 0.25) is 5.91 Å². The summed E-state index contributed by atoms with van der Waals surface area (Å²) in [5.41, 5.74) is 5.14. The van der Waals surface area contributed by atoms with Gasteiger partial charge in [-0.15, -0.1) is 10.2 Å². The molecule has 1 aliphatic rings. The van der Waals surface area contributed by atoms with Gasteiger partial charge in [-0.25, -0.2) is 0 Å². The van der Waals surface area contributed by atoms with Gasteiger partial charge in [0, 0.05) is 11.6 Å². The van der Waals surface area contributed by atoms with E-state index >= 15 is 0 Å². The van der Waals surface area contributed by atoms with E-state index in [9.17, 15) is 4.79 Å². The highest BCUT2D eigenvalue weighted by molar-refractivity contribution is 8.00. The molecule has 1 aliphatic carbocycles. The number of amides is 1. The molecule has 1 aromatic heterocycles. The molecule has 3 aromatic carbocycles. The molecule has 4 aromatic rings. The van der Waals surface area contributed by atoms with Crippen molar-refractivity contribution in [3.63, 3.8) is 0 Å². The first-order chi connectivity index (χ1) is 16.6. The van der Waals surface area contributed by atoms with Crippen molar-refractivity contribution in [1.29, 1.82) is 0 Å². The smallest absolute Gasteiger partial charge is 0.242 e. The summed E-state index contributed by atoms with van der Waals surface area (Å²) in [6, 6.07) is 26.4. The average molecular weight is 469 g/mol. The number of carbonyl (C=O) groups excluding carboxylic acids is 1. The molecule has 1 atom stereocenters. The monoisotopic (exact) mass is 468 g/mol. The zero-order chi connectivity index (χ0) is 23.5. The molecular formula is C28H28N4OS. The standard InChI is InChI=1S/C28H28N4OS/c1-19-13-14-20(2)24(17-19)29-27(33)25(22-11-7-4-8-12-22)34-28-31-30-26(23-15-16-23)32(28)18-21-9-5-3-6-10-21/h3-14,17,23,25H,15-16,18H2,1-2H3,(H,29,33)/t25-/m1/s1. The fraction of sp³-hybridized carbons (Fsp3) is 0.250. The van der Waals surface area contributed by atoms with Crippen molar-refractivity contribution in [1.82, 2.24) is 14.8 Å². The number of anilines is 1. The molecule has 5 rings (SSSR count). The number of rotatable bonds is 8. The van der Waals surface area contributed by atoms with Crippen molar-refractivity contribution >= 4 is 23.4 Å². The van der Waals surface area contributed by atoms with Gasteiger partial charge in [0.1, 0.15) is 11.1 Å². The Labute approximate surface area is 204 Å². The van der Waals surface area contributed by atoms with E-state index in [1.807, 2.05) is 74.5 Å². The zero-order valence-electron chi connectivity index (χ0n) is 19.4. The van der Waals surface area contributed by atoms with Gasteiger partial charge in [-0.05, 0) is 55.0 Å². The average Bonchev–Trinajstić information content (AvgIpc) is 3.63. The second-order valence-electron chi connectivity index (χ2n) is 8.90. The molecule has 1 fully saturated rings. The molecular weight excluding hydrogens is 440 g/mol. The predicted octanol–water partition coefficient (Wildman–Crippen LogP) is 6.29. The van der Waals surface area contributed by atoms with E-state index in [0.717, 1.165) is 46.2 Å². The molecule has 0 radical (unpaired) electrons. The van der Waals surface area contributed by atoms with E-state index in [-0.39, 0.29) is 5.91 Å². The van der Waals surface area contributed by atoms with Gasteiger partial charge < -0.3 is 9.88 Å². The minimum atomic E-state index is -0.452. The van der Waals surface area contributed by atoms with Gasteiger partial charge in [-0.1, -0.05) is 84.6 Å². The second kappa shape index (κ2) is 9.85. The maximum absolute atomic E-state index is 13.6. The number of carbonyl (C=O) groups is 1. The molecule has 172 valence electrons. The molecule has 1 N–H and O–H groups in total. The van der Waals surface area contributed by atoms with E-state index in [4.69, 9.17) is 0 Å². The Morgan fingerprint density at radius 3 is 2.41 bits per heavy atom. The van der Waals surface area contributed by atoms with Gasteiger partial charge in [0.15, 0.2) is 5.16 Å². The summed E-state index contributed by atoms with van der Waals surface area (Å²) in [6.45, 7) is 4.74. The molecule has 0 spiro atoms. The summed E-state index contributed by atoms with van der Waals surface area (Å²) in [7, 11) is 0. The zero-order valence-corrected chi connectivity index (χ0v) is 20.3. The number of nitrogens with zero attached hydrogens (tertiary/aromatic N) is 3. The molecule has 1 heterocycles. The molecule has 0 unspecified atom stereocenters. The van der Waals surface area contributed by atoms with Crippen molar-refractivity contribution in [3.05, 3.63) is 107 Å². The van der Waals surface area contributed by atoms with Gasteiger partial charge >= 0.3 is 0 Å². The van der Waals surface area contributed by atoms with Crippen LogP contribution in [-0.2, 0) is 11.3 Å². The quantitative estimate of drug-likeness (QED) is 0.309. The number of aryl methyl sites for hydroxylation is 2. The summed E-state index contributed by atoms with van der Waals surface area (Å²) in [6.07, 6.45) is 2.29. The van der Waals surface area contributed by atoms with Crippen LogP contribution in [-0.4, -0.2) is 20.7 Å². The summed E-state index contributed by atoms with van der Waals surface area (Å²) >= 11 is 1.47. The first-order valence-electron chi connectivity index (χ1n) is 11.7. The fourth-order valence-electron chi connectivity index (χ4n) is 4.02. The summed E-state index contributed by atoms with van der Waals surface area (Å²) in [4.78, 5) is 13.6. The highest BCUT2D eigenvalue weighted by Gasteiger charge is 2.32.